The summed E-state index contributed by atoms with van der Waals surface area (Å²) < 4.78 is 11.6. The summed E-state index contributed by atoms with van der Waals surface area (Å²) in [6, 6.07) is 12.4. The number of rotatable bonds is 5. The van der Waals surface area contributed by atoms with E-state index in [1.165, 1.54) is 0 Å². The molecule has 5 rings (SSSR count). The molecule has 0 bridgehead atoms. The number of ether oxygens (including phenoxy) is 1. The first kappa shape index (κ1) is 22.9. The van der Waals surface area contributed by atoms with Crippen molar-refractivity contribution in [1.29, 1.82) is 0 Å². The molecule has 2 heterocycles. The molecule has 3 aromatic rings. The second-order valence-electron chi connectivity index (χ2n) is 8.82. The summed E-state index contributed by atoms with van der Waals surface area (Å²) in [4.78, 5) is 25.3. The molecular weight excluding hydrogens is 477 g/mol. The monoisotopic (exact) mass is 501 g/mol. The van der Waals surface area contributed by atoms with E-state index in [2.05, 4.69) is 16.0 Å². The number of hydrogen-bond acceptors (Lipinski definition) is 5. The van der Waals surface area contributed by atoms with Crippen LogP contribution >= 0.6 is 23.2 Å². The number of carbonyl (C=O) groups is 2. The van der Waals surface area contributed by atoms with Crippen LogP contribution in [0.4, 0.5) is 5.69 Å². The van der Waals surface area contributed by atoms with E-state index < -0.39 is 0 Å². The van der Waals surface area contributed by atoms with Gasteiger partial charge in [-0.3, -0.25) is 9.59 Å². The van der Waals surface area contributed by atoms with Gasteiger partial charge in [-0.1, -0.05) is 23.2 Å². The van der Waals surface area contributed by atoms with E-state index in [4.69, 9.17) is 32.4 Å². The van der Waals surface area contributed by atoms with Crippen molar-refractivity contribution in [1.82, 2.24) is 10.6 Å². The quantitative estimate of drug-likeness (QED) is 0.456. The molecule has 178 valence electrons. The van der Waals surface area contributed by atoms with E-state index in [1.54, 1.807) is 30.3 Å². The SMILES string of the molecule is O=C(N[C@H]1CC[C@@H](C(=O)NCC2CNc3cc(Cl)ccc3O2)CC1)c1cc2cc(Cl)ccc2o1. The Balaban J connectivity index is 1.07. The zero-order chi connectivity index (χ0) is 23.7. The van der Waals surface area contributed by atoms with Crippen LogP contribution in [0, 0.1) is 5.92 Å². The van der Waals surface area contributed by atoms with Crippen LogP contribution in [0.25, 0.3) is 11.0 Å². The first-order chi connectivity index (χ1) is 16.4. The van der Waals surface area contributed by atoms with Gasteiger partial charge in [0.05, 0.1) is 18.8 Å². The van der Waals surface area contributed by atoms with Crippen molar-refractivity contribution in [3.05, 3.63) is 58.3 Å². The Morgan fingerprint density at radius 3 is 2.59 bits per heavy atom. The van der Waals surface area contributed by atoms with Gasteiger partial charge in [-0.05, 0) is 68.1 Å². The van der Waals surface area contributed by atoms with Crippen LogP contribution in [0.15, 0.2) is 46.9 Å². The van der Waals surface area contributed by atoms with E-state index in [9.17, 15) is 9.59 Å². The minimum Gasteiger partial charge on any atom is -0.485 e. The van der Waals surface area contributed by atoms with Crippen LogP contribution < -0.4 is 20.7 Å². The molecule has 1 saturated carbocycles. The lowest BCUT2D eigenvalue weighted by atomic mass is 9.85. The Morgan fingerprint density at radius 1 is 1.00 bits per heavy atom. The zero-order valence-electron chi connectivity index (χ0n) is 18.4. The van der Waals surface area contributed by atoms with Gasteiger partial charge in [-0.2, -0.15) is 0 Å². The summed E-state index contributed by atoms with van der Waals surface area (Å²) in [5.74, 6) is 0.720. The fourth-order valence-corrected chi connectivity index (χ4v) is 4.90. The highest BCUT2D eigenvalue weighted by molar-refractivity contribution is 6.31. The largest absolute Gasteiger partial charge is 0.485 e. The predicted molar refractivity (Wildman–Crippen MR) is 132 cm³/mol. The van der Waals surface area contributed by atoms with E-state index in [0.29, 0.717) is 28.7 Å². The topological polar surface area (TPSA) is 92.6 Å². The fraction of sp³-hybridized carbons (Fsp3) is 0.360. The molecule has 2 aliphatic rings. The van der Waals surface area contributed by atoms with Gasteiger partial charge in [-0.15, -0.1) is 0 Å². The number of halogens is 2. The molecule has 2 aromatic carbocycles. The third-order valence-electron chi connectivity index (χ3n) is 6.39. The average molecular weight is 502 g/mol. The van der Waals surface area contributed by atoms with Gasteiger partial charge in [0.1, 0.15) is 17.4 Å². The molecule has 1 atom stereocenters. The summed E-state index contributed by atoms with van der Waals surface area (Å²) in [5.41, 5.74) is 1.49. The molecule has 1 aliphatic heterocycles. The summed E-state index contributed by atoms with van der Waals surface area (Å²) in [7, 11) is 0. The molecule has 2 amide bonds. The molecule has 3 N–H and O–H groups in total. The van der Waals surface area contributed by atoms with E-state index >= 15 is 0 Å². The van der Waals surface area contributed by atoms with Gasteiger partial charge in [0.15, 0.2) is 5.76 Å². The van der Waals surface area contributed by atoms with Gasteiger partial charge in [-0.25, -0.2) is 0 Å². The lowest BCUT2D eigenvalue weighted by molar-refractivity contribution is -0.126. The van der Waals surface area contributed by atoms with Crippen LogP contribution in [0.3, 0.4) is 0 Å². The summed E-state index contributed by atoms with van der Waals surface area (Å²) in [6.45, 7) is 1.03. The summed E-state index contributed by atoms with van der Waals surface area (Å²) >= 11 is 12.0. The number of carbonyl (C=O) groups excluding carboxylic acids is 2. The van der Waals surface area contributed by atoms with Gasteiger partial charge in [0, 0.05) is 27.4 Å². The van der Waals surface area contributed by atoms with Crippen LogP contribution in [-0.2, 0) is 4.79 Å². The Hall–Kier alpha value is -2.90. The molecule has 1 unspecified atom stereocenters. The van der Waals surface area contributed by atoms with Gasteiger partial charge < -0.3 is 25.1 Å². The first-order valence-electron chi connectivity index (χ1n) is 11.4. The van der Waals surface area contributed by atoms with Gasteiger partial charge in [0.25, 0.3) is 5.91 Å². The number of amides is 2. The van der Waals surface area contributed by atoms with Crippen LogP contribution in [0.5, 0.6) is 5.75 Å². The van der Waals surface area contributed by atoms with Crippen molar-refractivity contribution in [2.75, 3.05) is 18.4 Å². The Bertz CT molecular complexity index is 1220. The summed E-state index contributed by atoms with van der Waals surface area (Å²) in [5, 5.41) is 11.4. The highest BCUT2D eigenvalue weighted by Crippen LogP contribution is 2.31. The maximum absolute atomic E-state index is 12.7. The number of furan rings is 1. The van der Waals surface area contributed by atoms with Crippen molar-refractivity contribution in [3.8, 4) is 5.75 Å². The van der Waals surface area contributed by atoms with Crippen molar-refractivity contribution in [2.24, 2.45) is 5.92 Å². The van der Waals surface area contributed by atoms with Gasteiger partial charge >= 0.3 is 0 Å². The van der Waals surface area contributed by atoms with Gasteiger partial charge in [0.2, 0.25) is 5.91 Å². The van der Waals surface area contributed by atoms with Crippen LogP contribution in [0.1, 0.15) is 36.2 Å². The van der Waals surface area contributed by atoms with Crippen molar-refractivity contribution in [3.63, 3.8) is 0 Å². The lowest BCUT2D eigenvalue weighted by Gasteiger charge is -2.30. The fourth-order valence-electron chi connectivity index (χ4n) is 4.54. The zero-order valence-corrected chi connectivity index (χ0v) is 19.9. The first-order valence-corrected chi connectivity index (χ1v) is 12.2. The molecule has 1 fully saturated rings. The van der Waals surface area contributed by atoms with E-state index in [-0.39, 0.29) is 35.6 Å². The molecule has 0 radical (unpaired) electrons. The standard InChI is InChI=1S/C25H25Cl2N3O4/c26-16-3-7-21-15(9-16)10-23(34-21)25(32)30-18-5-1-14(2-6-18)24(31)29-13-19-12-28-20-11-17(27)4-8-22(20)33-19/h3-4,7-11,14,18-19,28H,1-2,5-6,12-13H2,(H,29,31)(H,30,32)/t14-,18+,19?. The highest BCUT2D eigenvalue weighted by Gasteiger charge is 2.29. The number of fused-ring (bicyclic) bond motifs is 2. The Labute approximate surface area is 207 Å². The van der Waals surface area contributed by atoms with Crippen LogP contribution in [0.2, 0.25) is 10.0 Å². The van der Waals surface area contributed by atoms with Crippen molar-refractivity contribution in [2.45, 2.75) is 37.8 Å². The lowest BCUT2D eigenvalue weighted by Crippen LogP contribution is -2.45. The second-order valence-corrected chi connectivity index (χ2v) is 9.69. The molecule has 1 aromatic heterocycles. The maximum Gasteiger partial charge on any atom is 0.287 e. The third kappa shape index (κ3) is 5.10. The van der Waals surface area contributed by atoms with Crippen LogP contribution in [-0.4, -0.2) is 37.0 Å². The third-order valence-corrected chi connectivity index (χ3v) is 6.86. The number of anilines is 1. The molecule has 1 aliphatic carbocycles. The smallest absolute Gasteiger partial charge is 0.287 e. The van der Waals surface area contributed by atoms with E-state index in [0.717, 1.165) is 42.5 Å². The normalized spacial score (nSPS) is 21.8. The highest BCUT2D eigenvalue weighted by atomic mass is 35.5. The van der Waals surface area contributed by atoms with E-state index in [1.807, 2.05) is 12.1 Å². The van der Waals surface area contributed by atoms with Crippen molar-refractivity contribution >= 4 is 51.7 Å². The number of hydrogen-bond donors (Lipinski definition) is 3. The molecule has 0 spiro atoms. The Kier molecular flexibility index (Phi) is 6.57. The molecular formula is C25H25Cl2N3O4. The molecule has 0 saturated heterocycles. The average Bonchev–Trinajstić information content (AvgIpc) is 3.26. The predicted octanol–water partition coefficient (Wildman–Crippen LogP) is 5.02. The minimum absolute atomic E-state index is 0.0163. The summed E-state index contributed by atoms with van der Waals surface area (Å²) in [6.07, 6.45) is 2.78. The second kappa shape index (κ2) is 9.76. The Morgan fingerprint density at radius 2 is 1.76 bits per heavy atom. The molecule has 34 heavy (non-hydrogen) atoms. The molecule has 9 heteroatoms. The molecule has 7 nitrogen and oxygen atoms in total. The maximum atomic E-state index is 12.7. The minimum atomic E-state index is -0.247. The number of nitrogens with one attached hydrogen (secondary N) is 3. The number of benzene rings is 2. The van der Waals surface area contributed by atoms with Crippen molar-refractivity contribution < 1.29 is 18.7 Å².